The van der Waals surface area contributed by atoms with Gasteiger partial charge in [-0.3, -0.25) is 9.69 Å². The smallest absolute Gasteiger partial charge is 0.270 e. The Hall–Kier alpha value is -1.22. The number of nitrogens with two attached hydrogens (primary N) is 1. The highest BCUT2D eigenvalue weighted by atomic mass is 35.5. The Morgan fingerprint density at radius 3 is 2.58 bits per heavy atom. The van der Waals surface area contributed by atoms with Gasteiger partial charge in [0.25, 0.3) is 5.91 Å². The Morgan fingerprint density at radius 2 is 1.96 bits per heavy atom. The number of morpholine rings is 1. The summed E-state index contributed by atoms with van der Waals surface area (Å²) in [6, 6.07) is 10.4. The van der Waals surface area contributed by atoms with Gasteiger partial charge >= 0.3 is 0 Å². The Bertz CT molecular complexity index is 666. The maximum atomic E-state index is 12.3. The standard InChI is InChI=1S/C17H22N4O2S.2ClH/c18-10-16-20-14(12-24-16)17(22)19-11-15(13-4-2-1-3-5-13)21-6-8-23-9-7-21;;/h1-5,12,15H,6-11,18H2,(H,19,22);2*1H. The van der Waals surface area contributed by atoms with Crippen molar-refractivity contribution >= 4 is 42.1 Å². The van der Waals surface area contributed by atoms with Crippen molar-refractivity contribution in [2.24, 2.45) is 5.73 Å². The maximum Gasteiger partial charge on any atom is 0.270 e. The first-order valence-electron chi connectivity index (χ1n) is 8.07. The molecule has 1 amide bonds. The molecular weight excluding hydrogens is 395 g/mol. The van der Waals surface area contributed by atoms with Gasteiger partial charge < -0.3 is 15.8 Å². The third kappa shape index (κ3) is 5.90. The monoisotopic (exact) mass is 418 g/mol. The number of carbonyl (C=O) groups is 1. The number of aromatic nitrogens is 1. The van der Waals surface area contributed by atoms with E-state index in [9.17, 15) is 4.79 Å². The third-order valence-corrected chi connectivity index (χ3v) is 4.96. The van der Waals surface area contributed by atoms with Gasteiger partial charge in [-0.15, -0.1) is 36.2 Å². The molecule has 9 heteroatoms. The van der Waals surface area contributed by atoms with Crippen LogP contribution in [0.25, 0.3) is 0 Å². The second-order valence-electron chi connectivity index (χ2n) is 5.62. The SMILES string of the molecule is Cl.Cl.NCc1nc(C(=O)NCC(c2ccccc2)N2CCOCC2)cs1. The Balaban J connectivity index is 0.00000169. The average Bonchev–Trinajstić information content (AvgIpc) is 3.13. The van der Waals surface area contributed by atoms with Crippen LogP contribution in [0.15, 0.2) is 35.7 Å². The first-order valence-corrected chi connectivity index (χ1v) is 8.95. The van der Waals surface area contributed by atoms with E-state index in [1.807, 2.05) is 18.2 Å². The number of nitrogens with one attached hydrogen (secondary N) is 1. The van der Waals surface area contributed by atoms with Crippen LogP contribution < -0.4 is 11.1 Å². The lowest BCUT2D eigenvalue weighted by Crippen LogP contribution is -2.43. The summed E-state index contributed by atoms with van der Waals surface area (Å²) < 4.78 is 5.45. The van der Waals surface area contributed by atoms with E-state index in [0.29, 0.717) is 18.8 Å². The summed E-state index contributed by atoms with van der Waals surface area (Å²) in [6.07, 6.45) is 0. The molecule has 0 aliphatic carbocycles. The van der Waals surface area contributed by atoms with Crippen LogP contribution in [0.5, 0.6) is 0 Å². The van der Waals surface area contributed by atoms with Crippen molar-refractivity contribution in [3.63, 3.8) is 0 Å². The van der Waals surface area contributed by atoms with Crippen LogP contribution in [-0.4, -0.2) is 48.6 Å². The van der Waals surface area contributed by atoms with E-state index in [1.54, 1.807) is 5.38 Å². The van der Waals surface area contributed by atoms with Crippen molar-refractivity contribution in [2.45, 2.75) is 12.6 Å². The molecule has 1 atom stereocenters. The van der Waals surface area contributed by atoms with Gasteiger partial charge in [0.05, 0.1) is 19.3 Å². The van der Waals surface area contributed by atoms with E-state index >= 15 is 0 Å². The number of carbonyl (C=O) groups excluding carboxylic acids is 1. The molecule has 144 valence electrons. The van der Waals surface area contributed by atoms with Gasteiger partial charge in [-0.05, 0) is 5.56 Å². The number of hydrogen-bond acceptors (Lipinski definition) is 6. The molecule has 1 aromatic heterocycles. The molecule has 1 aliphatic heterocycles. The van der Waals surface area contributed by atoms with Crippen LogP contribution in [-0.2, 0) is 11.3 Å². The highest BCUT2D eigenvalue weighted by molar-refractivity contribution is 7.09. The minimum absolute atomic E-state index is 0. The summed E-state index contributed by atoms with van der Waals surface area (Å²) in [6.45, 7) is 4.08. The molecule has 0 saturated carbocycles. The van der Waals surface area contributed by atoms with Crippen LogP contribution in [0, 0.1) is 0 Å². The molecule has 1 aromatic carbocycles. The molecule has 1 unspecified atom stereocenters. The largest absolute Gasteiger partial charge is 0.379 e. The molecule has 1 aliphatic rings. The van der Waals surface area contributed by atoms with Gasteiger partial charge in [-0.2, -0.15) is 0 Å². The van der Waals surface area contributed by atoms with Gasteiger partial charge in [-0.1, -0.05) is 30.3 Å². The molecule has 6 nitrogen and oxygen atoms in total. The summed E-state index contributed by atoms with van der Waals surface area (Å²) in [5.41, 5.74) is 7.19. The zero-order valence-corrected chi connectivity index (χ0v) is 16.7. The zero-order valence-electron chi connectivity index (χ0n) is 14.3. The predicted molar refractivity (Wildman–Crippen MR) is 108 cm³/mol. The van der Waals surface area contributed by atoms with Crippen molar-refractivity contribution in [3.05, 3.63) is 52.0 Å². The van der Waals surface area contributed by atoms with Crippen LogP contribution >= 0.6 is 36.2 Å². The van der Waals surface area contributed by atoms with Gasteiger partial charge in [0.2, 0.25) is 0 Å². The summed E-state index contributed by atoms with van der Waals surface area (Å²) in [5, 5.41) is 5.54. The van der Waals surface area contributed by atoms with Gasteiger partial charge in [-0.25, -0.2) is 4.98 Å². The van der Waals surface area contributed by atoms with Crippen LogP contribution in [0.4, 0.5) is 0 Å². The lowest BCUT2D eigenvalue weighted by Gasteiger charge is -2.34. The maximum absolute atomic E-state index is 12.3. The quantitative estimate of drug-likeness (QED) is 0.751. The first kappa shape index (κ1) is 22.8. The lowest BCUT2D eigenvalue weighted by molar-refractivity contribution is 0.0162. The summed E-state index contributed by atoms with van der Waals surface area (Å²) in [7, 11) is 0. The van der Waals surface area contributed by atoms with Gasteiger partial charge in [0, 0.05) is 31.6 Å². The summed E-state index contributed by atoms with van der Waals surface area (Å²) >= 11 is 1.41. The van der Waals surface area contributed by atoms with Crippen molar-refractivity contribution in [3.8, 4) is 0 Å². The minimum atomic E-state index is -0.153. The highest BCUT2D eigenvalue weighted by Gasteiger charge is 2.23. The zero-order chi connectivity index (χ0) is 16.8. The third-order valence-electron chi connectivity index (χ3n) is 4.09. The van der Waals surface area contributed by atoms with E-state index < -0.39 is 0 Å². The fraction of sp³-hybridized carbons (Fsp3) is 0.412. The van der Waals surface area contributed by atoms with E-state index in [2.05, 4.69) is 27.3 Å². The molecule has 1 saturated heterocycles. The average molecular weight is 419 g/mol. The van der Waals surface area contributed by atoms with Crippen molar-refractivity contribution in [2.75, 3.05) is 32.8 Å². The minimum Gasteiger partial charge on any atom is -0.379 e. The number of thiazole rings is 1. The summed E-state index contributed by atoms with van der Waals surface area (Å²) in [5.74, 6) is -0.153. The molecule has 3 rings (SSSR count). The molecule has 0 bridgehead atoms. The van der Waals surface area contributed by atoms with Crippen LogP contribution in [0.2, 0.25) is 0 Å². The first-order chi connectivity index (χ1) is 11.8. The number of halogens is 2. The van der Waals surface area contributed by atoms with Gasteiger partial charge in [0.15, 0.2) is 0 Å². The number of hydrogen-bond donors (Lipinski definition) is 2. The topological polar surface area (TPSA) is 80.5 Å². The Morgan fingerprint density at radius 1 is 1.27 bits per heavy atom. The molecule has 0 radical (unpaired) electrons. The molecule has 2 aromatic rings. The van der Waals surface area contributed by atoms with Crippen LogP contribution in [0.3, 0.4) is 0 Å². The normalized spacial score (nSPS) is 15.4. The molecule has 0 spiro atoms. The highest BCUT2D eigenvalue weighted by Crippen LogP contribution is 2.21. The van der Waals surface area contributed by atoms with E-state index in [0.717, 1.165) is 31.3 Å². The molecule has 1 fully saturated rings. The summed E-state index contributed by atoms with van der Waals surface area (Å²) in [4.78, 5) is 18.9. The molecule has 2 heterocycles. The Kier molecular flexibility index (Phi) is 10.1. The van der Waals surface area contributed by atoms with Crippen molar-refractivity contribution in [1.82, 2.24) is 15.2 Å². The van der Waals surface area contributed by atoms with Crippen molar-refractivity contribution < 1.29 is 9.53 Å². The van der Waals surface area contributed by atoms with E-state index in [4.69, 9.17) is 10.5 Å². The fourth-order valence-electron chi connectivity index (χ4n) is 2.81. The van der Waals surface area contributed by atoms with Crippen molar-refractivity contribution in [1.29, 1.82) is 0 Å². The lowest BCUT2D eigenvalue weighted by atomic mass is 10.0. The fourth-order valence-corrected chi connectivity index (χ4v) is 3.47. The second-order valence-corrected chi connectivity index (χ2v) is 6.56. The van der Waals surface area contributed by atoms with E-state index in [1.165, 1.54) is 16.9 Å². The molecule has 3 N–H and O–H groups in total. The van der Waals surface area contributed by atoms with Gasteiger partial charge in [0.1, 0.15) is 10.7 Å². The number of benzene rings is 1. The Labute approximate surface area is 169 Å². The van der Waals surface area contributed by atoms with Crippen LogP contribution in [0.1, 0.15) is 27.1 Å². The number of amides is 1. The molecule has 26 heavy (non-hydrogen) atoms. The predicted octanol–water partition coefficient (Wildman–Crippen LogP) is 2.25. The number of rotatable bonds is 6. The number of ether oxygens (including phenoxy) is 1. The van der Waals surface area contributed by atoms with E-state index in [-0.39, 0.29) is 36.8 Å². The number of nitrogens with zero attached hydrogens (tertiary/aromatic N) is 2. The molecular formula is C17H24Cl2N4O2S. The second kappa shape index (κ2) is 11.5.